The van der Waals surface area contributed by atoms with Gasteiger partial charge in [-0.3, -0.25) is 4.79 Å². The van der Waals surface area contributed by atoms with Crippen LogP contribution in [0, 0.1) is 5.92 Å². The van der Waals surface area contributed by atoms with Crippen molar-refractivity contribution in [1.82, 2.24) is 10.3 Å². The van der Waals surface area contributed by atoms with Gasteiger partial charge in [-0.05, 0) is 23.6 Å². The molecule has 3 N–H and O–H groups in total. The Balaban J connectivity index is 2.19. The second-order valence-corrected chi connectivity index (χ2v) is 5.64. The van der Waals surface area contributed by atoms with Gasteiger partial charge in [0.1, 0.15) is 11.8 Å². The third kappa shape index (κ3) is 3.64. The van der Waals surface area contributed by atoms with E-state index in [0.29, 0.717) is 12.2 Å². The van der Waals surface area contributed by atoms with Gasteiger partial charge in [0.05, 0.1) is 13.5 Å². The van der Waals surface area contributed by atoms with Gasteiger partial charge in [-0.1, -0.05) is 26.3 Å². The Labute approximate surface area is 134 Å². The number of nitrogens with one attached hydrogen (secondary N) is 2. The van der Waals surface area contributed by atoms with Crippen molar-refractivity contribution in [3.63, 3.8) is 0 Å². The predicted octanol–water partition coefficient (Wildman–Crippen LogP) is 2.33. The molecular weight excluding hydrogens is 296 g/mol. The number of ether oxygens (including phenoxy) is 1. The normalized spacial score (nSPS) is 13.5. The summed E-state index contributed by atoms with van der Waals surface area (Å²) in [4.78, 5) is 26.7. The second-order valence-electron chi connectivity index (χ2n) is 5.64. The van der Waals surface area contributed by atoms with Crippen LogP contribution in [-0.4, -0.2) is 35.1 Å². The van der Waals surface area contributed by atoms with Gasteiger partial charge >= 0.3 is 5.97 Å². The zero-order valence-corrected chi connectivity index (χ0v) is 13.6. The van der Waals surface area contributed by atoms with E-state index in [9.17, 15) is 14.7 Å². The highest BCUT2D eigenvalue weighted by Gasteiger charge is 2.25. The summed E-state index contributed by atoms with van der Waals surface area (Å²) in [6, 6.07) is 4.72. The van der Waals surface area contributed by atoms with E-state index in [1.165, 1.54) is 0 Å². The Bertz CT molecular complexity index is 708. The molecule has 6 heteroatoms. The molecule has 0 aliphatic rings. The van der Waals surface area contributed by atoms with Crippen molar-refractivity contribution in [1.29, 1.82) is 0 Å². The Kier molecular flexibility index (Phi) is 5.26. The fraction of sp³-hybridized carbons (Fsp3) is 0.412. The summed E-state index contributed by atoms with van der Waals surface area (Å²) in [6.07, 6.45) is 2.53. The van der Waals surface area contributed by atoms with Crippen LogP contribution in [0.1, 0.15) is 25.8 Å². The number of carboxylic acids is 1. The molecule has 0 unspecified atom stereocenters. The van der Waals surface area contributed by atoms with Gasteiger partial charge in [-0.25, -0.2) is 4.79 Å². The molecule has 0 radical (unpaired) electrons. The maximum Gasteiger partial charge on any atom is 0.326 e. The minimum Gasteiger partial charge on any atom is -0.496 e. The first kappa shape index (κ1) is 16.9. The number of benzene rings is 1. The minimum absolute atomic E-state index is 0.0978. The maximum absolute atomic E-state index is 12.3. The Morgan fingerprint density at radius 3 is 2.74 bits per heavy atom. The molecule has 6 nitrogen and oxygen atoms in total. The molecule has 2 atom stereocenters. The van der Waals surface area contributed by atoms with E-state index in [1.54, 1.807) is 13.3 Å². The molecule has 1 amide bonds. The van der Waals surface area contributed by atoms with Crippen LogP contribution in [0.3, 0.4) is 0 Å². The molecule has 0 spiro atoms. The van der Waals surface area contributed by atoms with Crippen molar-refractivity contribution in [3.05, 3.63) is 30.0 Å². The number of fused-ring (bicyclic) bond motifs is 1. The number of rotatable bonds is 7. The van der Waals surface area contributed by atoms with Crippen molar-refractivity contribution in [2.45, 2.75) is 32.7 Å². The van der Waals surface area contributed by atoms with Crippen molar-refractivity contribution in [2.75, 3.05) is 7.11 Å². The van der Waals surface area contributed by atoms with Crippen LogP contribution in [0.5, 0.6) is 5.75 Å². The molecule has 0 fully saturated rings. The third-order valence-electron chi connectivity index (χ3n) is 4.12. The summed E-state index contributed by atoms with van der Waals surface area (Å²) in [7, 11) is 1.58. The van der Waals surface area contributed by atoms with E-state index in [0.717, 1.165) is 16.5 Å². The smallest absolute Gasteiger partial charge is 0.326 e. The van der Waals surface area contributed by atoms with Crippen molar-refractivity contribution in [3.8, 4) is 5.75 Å². The number of hydrogen-bond donors (Lipinski definition) is 3. The van der Waals surface area contributed by atoms with Gasteiger partial charge in [0.15, 0.2) is 0 Å². The number of aliphatic carboxylic acids is 1. The minimum atomic E-state index is -1.01. The van der Waals surface area contributed by atoms with Gasteiger partial charge in [-0.2, -0.15) is 0 Å². The summed E-state index contributed by atoms with van der Waals surface area (Å²) in [5.41, 5.74) is 1.66. The van der Waals surface area contributed by atoms with Gasteiger partial charge in [0.25, 0.3) is 0 Å². The summed E-state index contributed by atoms with van der Waals surface area (Å²) < 4.78 is 5.34. The van der Waals surface area contributed by atoms with Crippen LogP contribution in [0.25, 0.3) is 10.9 Å². The van der Waals surface area contributed by atoms with Crippen LogP contribution in [-0.2, 0) is 16.0 Å². The number of hydrogen-bond acceptors (Lipinski definition) is 3. The number of amides is 1. The van der Waals surface area contributed by atoms with E-state index >= 15 is 0 Å². The highest BCUT2D eigenvalue weighted by atomic mass is 16.5. The number of H-pyrrole nitrogens is 1. The summed E-state index contributed by atoms with van der Waals surface area (Å²) in [5, 5.41) is 12.7. The fourth-order valence-corrected chi connectivity index (χ4v) is 2.61. The Morgan fingerprint density at radius 1 is 1.39 bits per heavy atom. The lowest BCUT2D eigenvalue weighted by atomic mass is 9.99. The summed E-state index contributed by atoms with van der Waals surface area (Å²) >= 11 is 0. The molecular formula is C17H22N2O4. The molecule has 2 aromatic rings. The molecule has 0 aliphatic carbocycles. The Hall–Kier alpha value is -2.50. The van der Waals surface area contributed by atoms with Gasteiger partial charge < -0.3 is 20.1 Å². The standard InChI is InChI=1S/C17H22N2O4/c1-4-10(2)16(17(21)22)19-14(20)8-11-9-18-12-6-5-7-13(23-3)15(11)12/h5-7,9-10,16,18H,4,8H2,1-3H3,(H,19,20)(H,21,22)/t10-,16-/m0/s1. The molecule has 0 aliphatic heterocycles. The summed E-state index contributed by atoms with van der Waals surface area (Å²) in [5.74, 6) is -0.772. The summed E-state index contributed by atoms with van der Waals surface area (Å²) in [6.45, 7) is 3.71. The SMILES string of the molecule is CC[C@H](C)[C@H](NC(=O)Cc1c[nH]c2cccc(OC)c12)C(=O)O. The largest absolute Gasteiger partial charge is 0.496 e. The van der Waals surface area contributed by atoms with E-state index in [-0.39, 0.29) is 18.2 Å². The van der Waals surface area contributed by atoms with Crippen molar-refractivity contribution in [2.24, 2.45) is 5.92 Å². The lowest BCUT2D eigenvalue weighted by Gasteiger charge is -2.20. The molecule has 1 heterocycles. The average Bonchev–Trinajstić information content (AvgIpc) is 2.94. The molecule has 1 aromatic carbocycles. The highest BCUT2D eigenvalue weighted by molar-refractivity contribution is 5.94. The van der Waals surface area contributed by atoms with Crippen LogP contribution in [0.15, 0.2) is 24.4 Å². The first-order valence-electron chi connectivity index (χ1n) is 7.63. The van der Waals surface area contributed by atoms with E-state index in [1.807, 2.05) is 32.0 Å². The van der Waals surface area contributed by atoms with Crippen molar-refractivity contribution < 1.29 is 19.4 Å². The first-order valence-corrected chi connectivity index (χ1v) is 7.63. The molecule has 23 heavy (non-hydrogen) atoms. The topological polar surface area (TPSA) is 91.4 Å². The number of aromatic amines is 1. The lowest BCUT2D eigenvalue weighted by molar-refractivity contribution is -0.143. The zero-order chi connectivity index (χ0) is 17.0. The van der Waals surface area contributed by atoms with Gasteiger partial charge in [0, 0.05) is 17.1 Å². The molecule has 0 saturated carbocycles. The fourth-order valence-electron chi connectivity index (χ4n) is 2.61. The number of carbonyl (C=O) groups is 2. The second kappa shape index (κ2) is 7.17. The molecule has 124 valence electrons. The zero-order valence-electron chi connectivity index (χ0n) is 13.6. The maximum atomic E-state index is 12.3. The van der Waals surface area contributed by atoms with Crippen LogP contribution >= 0.6 is 0 Å². The average molecular weight is 318 g/mol. The molecule has 0 saturated heterocycles. The van der Waals surface area contributed by atoms with Crippen molar-refractivity contribution >= 4 is 22.8 Å². The van der Waals surface area contributed by atoms with Gasteiger partial charge in [0.2, 0.25) is 5.91 Å². The van der Waals surface area contributed by atoms with Gasteiger partial charge in [-0.15, -0.1) is 0 Å². The number of carboxylic acid groups (broad SMARTS) is 1. The monoisotopic (exact) mass is 318 g/mol. The number of methoxy groups -OCH3 is 1. The van der Waals surface area contributed by atoms with Crippen LogP contribution < -0.4 is 10.1 Å². The first-order chi connectivity index (χ1) is 11.0. The lowest BCUT2D eigenvalue weighted by Crippen LogP contribution is -2.45. The highest BCUT2D eigenvalue weighted by Crippen LogP contribution is 2.28. The van der Waals surface area contributed by atoms with E-state index in [4.69, 9.17) is 4.74 Å². The van der Waals surface area contributed by atoms with E-state index in [2.05, 4.69) is 10.3 Å². The number of aromatic nitrogens is 1. The molecule has 1 aromatic heterocycles. The Morgan fingerprint density at radius 2 is 2.13 bits per heavy atom. The molecule has 0 bridgehead atoms. The van der Waals surface area contributed by atoms with Crippen LogP contribution in [0.4, 0.5) is 0 Å². The van der Waals surface area contributed by atoms with E-state index < -0.39 is 12.0 Å². The molecule has 2 rings (SSSR count). The third-order valence-corrected chi connectivity index (χ3v) is 4.12. The number of carbonyl (C=O) groups excluding carboxylic acids is 1. The predicted molar refractivity (Wildman–Crippen MR) is 87.6 cm³/mol. The van der Waals surface area contributed by atoms with Crippen LogP contribution in [0.2, 0.25) is 0 Å². The quantitative estimate of drug-likeness (QED) is 0.730.